The lowest BCUT2D eigenvalue weighted by Gasteiger charge is -2.16. The molecular weight excluding hydrogens is 402 g/mol. The average molecular weight is 423 g/mol. The van der Waals surface area contributed by atoms with E-state index in [4.69, 9.17) is 4.42 Å². The molecule has 1 saturated heterocycles. The highest BCUT2D eigenvalue weighted by Gasteiger charge is 2.21. The molecule has 30 heavy (non-hydrogen) atoms. The van der Waals surface area contributed by atoms with Crippen LogP contribution in [0.25, 0.3) is 0 Å². The average Bonchev–Trinajstić information content (AvgIpc) is 3.48. The molecule has 3 aromatic rings. The maximum atomic E-state index is 12.6. The van der Waals surface area contributed by atoms with E-state index in [1.807, 2.05) is 31.2 Å². The second kappa shape index (κ2) is 8.54. The summed E-state index contributed by atoms with van der Waals surface area (Å²) in [6.07, 6.45) is 2.92. The Morgan fingerprint density at radius 3 is 2.63 bits per heavy atom. The van der Waals surface area contributed by atoms with E-state index in [-0.39, 0.29) is 23.5 Å². The summed E-state index contributed by atoms with van der Waals surface area (Å²) >= 11 is 1.22. The summed E-state index contributed by atoms with van der Waals surface area (Å²) in [5.74, 6) is -0.190. The van der Waals surface area contributed by atoms with Gasteiger partial charge in [-0.25, -0.2) is 0 Å². The van der Waals surface area contributed by atoms with Crippen molar-refractivity contribution in [1.82, 2.24) is 5.32 Å². The van der Waals surface area contributed by atoms with Crippen molar-refractivity contribution >= 4 is 39.7 Å². The fourth-order valence-corrected chi connectivity index (χ4v) is 4.31. The molecule has 0 atom stereocenters. The Balaban J connectivity index is 1.35. The maximum absolute atomic E-state index is 12.6. The molecule has 7 nitrogen and oxygen atoms in total. The summed E-state index contributed by atoms with van der Waals surface area (Å²) in [7, 11) is 0. The summed E-state index contributed by atoms with van der Waals surface area (Å²) in [5, 5.41) is 6.23. The van der Waals surface area contributed by atoms with Gasteiger partial charge in [0.1, 0.15) is 0 Å². The third-order valence-corrected chi connectivity index (χ3v) is 6.03. The summed E-state index contributed by atoms with van der Waals surface area (Å²) < 4.78 is 5.08. The Kier molecular flexibility index (Phi) is 5.67. The predicted octanol–water partition coefficient (Wildman–Crippen LogP) is 3.96. The van der Waals surface area contributed by atoms with Gasteiger partial charge < -0.3 is 20.0 Å². The van der Waals surface area contributed by atoms with Crippen LogP contribution in [0.5, 0.6) is 0 Å². The summed E-state index contributed by atoms with van der Waals surface area (Å²) in [6, 6.07) is 12.6. The van der Waals surface area contributed by atoms with Gasteiger partial charge in [0, 0.05) is 25.2 Å². The number of hydrogen-bond donors (Lipinski definition) is 2. The third-order valence-electron chi connectivity index (χ3n) is 4.88. The van der Waals surface area contributed by atoms with E-state index in [9.17, 15) is 14.4 Å². The molecule has 4 rings (SSSR count). The zero-order valence-electron chi connectivity index (χ0n) is 16.4. The first-order valence-electron chi connectivity index (χ1n) is 9.64. The predicted molar refractivity (Wildman–Crippen MR) is 115 cm³/mol. The molecule has 0 saturated carbocycles. The maximum Gasteiger partial charge on any atom is 0.291 e. The van der Waals surface area contributed by atoms with Crippen LogP contribution in [-0.2, 0) is 11.3 Å². The number of hydrogen-bond acceptors (Lipinski definition) is 5. The number of anilines is 2. The molecule has 0 bridgehead atoms. The van der Waals surface area contributed by atoms with Crippen LogP contribution in [0.1, 0.15) is 44.2 Å². The molecule has 2 N–H and O–H groups in total. The number of carbonyl (C=O) groups excluding carboxylic acids is 3. The minimum absolute atomic E-state index is 0.152. The van der Waals surface area contributed by atoms with Crippen LogP contribution in [-0.4, -0.2) is 24.3 Å². The molecule has 0 spiro atoms. The zero-order chi connectivity index (χ0) is 21.1. The van der Waals surface area contributed by atoms with Crippen LogP contribution in [0, 0.1) is 6.92 Å². The van der Waals surface area contributed by atoms with Crippen LogP contribution >= 0.6 is 11.3 Å². The van der Waals surface area contributed by atoms with Gasteiger partial charge >= 0.3 is 0 Å². The smallest absolute Gasteiger partial charge is 0.291 e. The lowest BCUT2D eigenvalue weighted by Crippen LogP contribution is -2.24. The van der Waals surface area contributed by atoms with E-state index >= 15 is 0 Å². The van der Waals surface area contributed by atoms with Gasteiger partial charge in [0.15, 0.2) is 5.76 Å². The summed E-state index contributed by atoms with van der Waals surface area (Å²) in [6.45, 7) is 2.96. The number of nitrogens with zero attached hydrogens (tertiary/aromatic N) is 1. The van der Waals surface area contributed by atoms with E-state index in [1.165, 1.54) is 17.6 Å². The molecule has 1 aliphatic heterocycles. The highest BCUT2D eigenvalue weighted by Crippen LogP contribution is 2.27. The van der Waals surface area contributed by atoms with Crippen molar-refractivity contribution in [2.45, 2.75) is 26.3 Å². The minimum Gasteiger partial charge on any atom is -0.459 e. The molecule has 3 heterocycles. The van der Waals surface area contributed by atoms with Crippen molar-refractivity contribution in [3.63, 3.8) is 0 Å². The van der Waals surface area contributed by atoms with Gasteiger partial charge in [0.2, 0.25) is 5.91 Å². The largest absolute Gasteiger partial charge is 0.459 e. The number of amides is 3. The second-order valence-electron chi connectivity index (χ2n) is 7.05. The highest BCUT2D eigenvalue weighted by atomic mass is 32.1. The van der Waals surface area contributed by atoms with Crippen molar-refractivity contribution in [1.29, 1.82) is 0 Å². The molecule has 8 heteroatoms. The van der Waals surface area contributed by atoms with Gasteiger partial charge in [0.25, 0.3) is 11.8 Å². The molecule has 1 aliphatic rings. The molecule has 0 radical (unpaired) electrons. The molecular formula is C22H21N3O4S. The van der Waals surface area contributed by atoms with Crippen LogP contribution in [0.3, 0.4) is 0 Å². The Bertz CT molecular complexity index is 1070. The van der Waals surface area contributed by atoms with Gasteiger partial charge in [-0.2, -0.15) is 0 Å². The van der Waals surface area contributed by atoms with Crippen LogP contribution in [0.15, 0.2) is 53.1 Å². The number of carbonyl (C=O) groups is 3. The molecule has 1 fully saturated rings. The number of benzene rings is 1. The number of furan rings is 1. The van der Waals surface area contributed by atoms with Gasteiger partial charge in [-0.1, -0.05) is 12.1 Å². The van der Waals surface area contributed by atoms with Gasteiger partial charge in [0.05, 0.1) is 16.1 Å². The van der Waals surface area contributed by atoms with E-state index in [0.29, 0.717) is 22.8 Å². The van der Waals surface area contributed by atoms with E-state index in [1.54, 1.807) is 23.1 Å². The van der Waals surface area contributed by atoms with Crippen LogP contribution < -0.4 is 15.5 Å². The normalized spacial score (nSPS) is 13.5. The zero-order valence-corrected chi connectivity index (χ0v) is 17.3. The Hall–Kier alpha value is -3.39. The topological polar surface area (TPSA) is 91.7 Å². The number of rotatable bonds is 6. The monoisotopic (exact) mass is 423 g/mol. The van der Waals surface area contributed by atoms with Crippen molar-refractivity contribution in [3.8, 4) is 0 Å². The number of thiophene rings is 1. The first-order valence-corrected chi connectivity index (χ1v) is 10.5. The van der Waals surface area contributed by atoms with Gasteiger partial charge in [-0.05, 0) is 54.8 Å². The molecule has 0 aliphatic carbocycles. The van der Waals surface area contributed by atoms with Crippen LogP contribution in [0.4, 0.5) is 10.7 Å². The Morgan fingerprint density at radius 2 is 1.97 bits per heavy atom. The van der Waals surface area contributed by atoms with E-state index < -0.39 is 0 Å². The first-order chi connectivity index (χ1) is 14.5. The number of nitrogens with one attached hydrogen (secondary N) is 2. The standard InChI is InChI=1S/C22H21N3O4S/c1-14-12-18(24-21(27)17-4-3-11-29-17)30-20(14)22(28)23-13-15-6-8-16(9-7-15)25-10-2-5-19(25)26/h3-4,6-9,11-12H,2,5,10,13H2,1H3,(H,23,28)(H,24,27). The fraction of sp³-hybridized carbons (Fsp3) is 0.227. The lowest BCUT2D eigenvalue weighted by atomic mass is 10.2. The summed E-state index contributed by atoms with van der Waals surface area (Å²) in [4.78, 5) is 38.9. The molecule has 154 valence electrons. The lowest BCUT2D eigenvalue weighted by molar-refractivity contribution is -0.117. The molecule has 2 aromatic heterocycles. The molecule has 0 unspecified atom stereocenters. The first kappa shape index (κ1) is 19.9. The third kappa shape index (κ3) is 4.28. The summed E-state index contributed by atoms with van der Waals surface area (Å²) in [5.41, 5.74) is 2.62. The van der Waals surface area contributed by atoms with E-state index in [2.05, 4.69) is 10.6 Å². The Morgan fingerprint density at radius 1 is 1.17 bits per heavy atom. The quantitative estimate of drug-likeness (QED) is 0.628. The molecule has 1 aromatic carbocycles. The second-order valence-corrected chi connectivity index (χ2v) is 8.10. The minimum atomic E-state index is -0.357. The Labute approximate surface area is 177 Å². The number of aryl methyl sites for hydroxylation is 1. The SMILES string of the molecule is Cc1cc(NC(=O)c2ccco2)sc1C(=O)NCc1ccc(N2CCCC2=O)cc1. The molecule has 3 amide bonds. The van der Waals surface area contributed by atoms with Crippen molar-refractivity contribution in [2.24, 2.45) is 0 Å². The van der Waals surface area contributed by atoms with Crippen LogP contribution in [0.2, 0.25) is 0 Å². The van der Waals surface area contributed by atoms with Crippen molar-refractivity contribution < 1.29 is 18.8 Å². The van der Waals surface area contributed by atoms with Crippen molar-refractivity contribution in [2.75, 3.05) is 16.8 Å². The highest BCUT2D eigenvalue weighted by molar-refractivity contribution is 7.18. The van der Waals surface area contributed by atoms with Gasteiger partial charge in [-0.15, -0.1) is 11.3 Å². The van der Waals surface area contributed by atoms with E-state index in [0.717, 1.165) is 29.8 Å². The van der Waals surface area contributed by atoms with Gasteiger partial charge in [-0.3, -0.25) is 14.4 Å². The fourth-order valence-electron chi connectivity index (χ4n) is 3.33. The van der Waals surface area contributed by atoms with Crippen molar-refractivity contribution in [3.05, 3.63) is 70.5 Å².